The van der Waals surface area contributed by atoms with Crippen molar-refractivity contribution < 1.29 is 33.9 Å². The fraction of sp³-hybridized carbons (Fsp3) is 0.520. The first-order chi connectivity index (χ1) is 21.9. The molecule has 0 bridgehead atoms. The van der Waals surface area contributed by atoms with Crippen LogP contribution in [0.1, 0.15) is 39.4 Å². The Bertz CT molecular complexity index is 1600. The Hall–Kier alpha value is -4.24. The number of aliphatic carboxylic acids is 1. The fourth-order valence-electron chi connectivity index (χ4n) is 4.50. The van der Waals surface area contributed by atoms with E-state index in [0.29, 0.717) is 17.2 Å². The monoisotopic (exact) mass is 693 g/mol. The van der Waals surface area contributed by atoms with Gasteiger partial charge in [-0.05, 0) is 55.7 Å². The van der Waals surface area contributed by atoms with E-state index in [0.717, 1.165) is 18.0 Å². The van der Waals surface area contributed by atoms with Gasteiger partial charge in [0.2, 0.25) is 16.7 Å². The van der Waals surface area contributed by atoms with E-state index in [1.54, 1.807) is 20.8 Å². The molecule has 0 radical (unpaired) electrons. The van der Waals surface area contributed by atoms with Crippen LogP contribution in [0.2, 0.25) is 0 Å². The largest absolute Gasteiger partial charge is 0.477 e. The van der Waals surface area contributed by atoms with Gasteiger partial charge < -0.3 is 31.0 Å². The Morgan fingerprint density at radius 2 is 2.11 bits per heavy atom. The summed E-state index contributed by atoms with van der Waals surface area (Å²) in [6.07, 6.45) is 4.40. The van der Waals surface area contributed by atoms with Crippen molar-refractivity contribution in [1.29, 1.82) is 0 Å². The van der Waals surface area contributed by atoms with Gasteiger partial charge in [0.15, 0.2) is 5.13 Å². The smallest absolute Gasteiger partial charge is 0.407 e. The van der Waals surface area contributed by atoms with Crippen molar-refractivity contribution in [2.75, 3.05) is 23.8 Å². The second kappa shape index (κ2) is 14.0. The number of hydrogen-bond acceptors (Lipinski definition) is 16. The molecule has 0 saturated carbocycles. The molecule has 1 fully saturated rings. The Morgan fingerprint density at radius 3 is 2.78 bits per heavy atom. The molecular formula is C25H31N11O7S3. The number of fused-ring (bicyclic) bond motifs is 1. The number of aromatic nitrogens is 6. The van der Waals surface area contributed by atoms with Gasteiger partial charge in [-0.1, -0.05) is 23.0 Å². The highest BCUT2D eigenvalue weighted by Crippen LogP contribution is 2.41. The lowest BCUT2D eigenvalue weighted by molar-refractivity contribution is -0.150. The quantitative estimate of drug-likeness (QED) is 0.0782. The summed E-state index contributed by atoms with van der Waals surface area (Å²) in [4.78, 5) is 61.5. The number of alkyl carbamates (subject to hydrolysis) is 1. The predicted molar refractivity (Wildman–Crippen MR) is 167 cm³/mol. The number of carbonyl (C=O) groups is 4. The van der Waals surface area contributed by atoms with Crippen molar-refractivity contribution in [3.63, 3.8) is 0 Å². The fourth-order valence-corrected chi connectivity index (χ4v) is 7.32. The lowest BCUT2D eigenvalue weighted by Gasteiger charge is -2.49. The van der Waals surface area contributed by atoms with E-state index in [2.05, 4.69) is 40.7 Å². The van der Waals surface area contributed by atoms with Crippen molar-refractivity contribution >= 4 is 69.8 Å². The molecule has 5 rings (SSSR count). The number of ether oxygens (including phenoxy) is 1. The minimum atomic E-state index is -1.28. The number of carboxylic acid groups (broad SMARTS) is 1. The number of allylic oxidation sites excluding steroid dienone is 1. The van der Waals surface area contributed by atoms with Crippen LogP contribution in [0.15, 0.2) is 33.7 Å². The van der Waals surface area contributed by atoms with Crippen LogP contribution in [-0.4, -0.2) is 110 Å². The molecule has 1 aliphatic carbocycles. The number of carbonyl (C=O) groups excluding carboxylic acids is 3. The van der Waals surface area contributed by atoms with Gasteiger partial charge in [-0.2, -0.15) is 9.36 Å². The maximum absolute atomic E-state index is 13.3. The molecule has 3 amide bonds. The van der Waals surface area contributed by atoms with Gasteiger partial charge in [0.1, 0.15) is 28.8 Å². The highest BCUT2D eigenvalue weighted by atomic mass is 32.2. The van der Waals surface area contributed by atoms with Gasteiger partial charge in [0, 0.05) is 29.6 Å². The predicted octanol–water partition coefficient (Wildman–Crippen LogP) is 0.602. The number of nitrogen functional groups attached to an aromatic ring is 1. The van der Waals surface area contributed by atoms with Crippen molar-refractivity contribution in [3.05, 3.63) is 29.2 Å². The highest BCUT2D eigenvalue weighted by molar-refractivity contribution is 8.01. The topological polar surface area (TPSA) is 242 Å². The second-order valence-corrected chi connectivity index (χ2v) is 13.9. The summed E-state index contributed by atoms with van der Waals surface area (Å²) >= 11 is 3.38. The molecule has 2 aliphatic heterocycles. The number of amides is 3. The van der Waals surface area contributed by atoms with Crippen molar-refractivity contribution in [3.8, 4) is 0 Å². The molecule has 246 valence electrons. The third kappa shape index (κ3) is 7.76. The van der Waals surface area contributed by atoms with Gasteiger partial charge in [0.25, 0.3) is 11.8 Å². The summed E-state index contributed by atoms with van der Waals surface area (Å²) in [7, 11) is 0. The first-order valence-corrected chi connectivity index (χ1v) is 16.8. The minimum Gasteiger partial charge on any atom is -0.477 e. The van der Waals surface area contributed by atoms with E-state index in [4.69, 9.17) is 15.3 Å². The van der Waals surface area contributed by atoms with Crippen molar-refractivity contribution in [2.24, 2.45) is 5.16 Å². The number of tetrazole rings is 1. The number of carboxylic acids is 1. The molecule has 2 aromatic rings. The maximum Gasteiger partial charge on any atom is 0.407 e. The molecule has 2 unspecified atom stereocenters. The number of oxime groups is 1. The average Bonchev–Trinajstić information content (AvgIpc) is 3.76. The molecule has 2 aromatic heterocycles. The molecular weight excluding hydrogens is 663 g/mol. The molecule has 46 heavy (non-hydrogen) atoms. The Labute approximate surface area is 274 Å². The lowest BCUT2D eigenvalue weighted by atomic mass is 10.0. The van der Waals surface area contributed by atoms with E-state index in [-0.39, 0.29) is 53.1 Å². The van der Waals surface area contributed by atoms with Gasteiger partial charge in [-0.15, -0.1) is 16.9 Å². The zero-order valence-corrected chi connectivity index (χ0v) is 27.4. The standard InChI is InChI=1S/C25H31N11O7S3/c1-25(2,3)42-24(41)27-8-9-35-23(30-33-34-35)45-11-12-10-44-20-15(19(38)36(20)16(12)21(39)40)28-18(37)14(17-29-22(26)46-32-17)31-43-13-6-4-5-7-13/h4,6,13,15,20H,5,7-11H2,1-3H3,(H,27,41)(H,28,37)(H,39,40)(H2,26,29,32)/t13?,15?,20-/m1/s1. The molecule has 0 aromatic carbocycles. The second-order valence-electron chi connectivity index (χ2n) is 11.1. The SMILES string of the molecule is CC(C)(C)OC(=O)NCCn1nnnc1SCC1=C(C(=O)O)N2C(=O)C(NC(=O)C(=NOC3C=CCC3)c3nsc(N)n3)[C@H]2SC1. The maximum atomic E-state index is 13.3. The summed E-state index contributed by atoms with van der Waals surface area (Å²) in [5.41, 5.74) is 5.15. The lowest BCUT2D eigenvalue weighted by Crippen LogP contribution is -2.71. The number of rotatable bonds is 12. The van der Waals surface area contributed by atoms with Gasteiger partial charge in [-0.3, -0.25) is 14.5 Å². The molecule has 0 spiro atoms. The number of nitrogens with one attached hydrogen (secondary N) is 2. The van der Waals surface area contributed by atoms with E-state index >= 15 is 0 Å². The van der Waals surface area contributed by atoms with Gasteiger partial charge in [-0.25, -0.2) is 14.3 Å². The van der Waals surface area contributed by atoms with Gasteiger partial charge in [0.05, 0.1) is 6.54 Å². The summed E-state index contributed by atoms with van der Waals surface area (Å²) in [6.45, 7) is 5.72. The first-order valence-electron chi connectivity index (χ1n) is 14.0. The summed E-state index contributed by atoms with van der Waals surface area (Å²) in [6, 6.07) is -1.02. The van der Waals surface area contributed by atoms with Gasteiger partial charge >= 0.3 is 12.1 Å². The van der Waals surface area contributed by atoms with E-state index < -0.39 is 40.9 Å². The van der Waals surface area contributed by atoms with E-state index in [1.807, 2.05) is 12.2 Å². The third-order valence-corrected chi connectivity index (χ3v) is 9.44. The number of anilines is 1. The van der Waals surface area contributed by atoms with Crippen LogP contribution < -0.4 is 16.4 Å². The first kappa shape index (κ1) is 33.1. The number of β-lactam (4-membered cyclic amide) rings is 1. The highest BCUT2D eigenvalue weighted by Gasteiger charge is 2.54. The molecule has 3 aliphatic rings. The molecule has 21 heteroatoms. The van der Waals surface area contributed by atoms with Crippen LogP contribution in [0, 0.1) is 0 Å². The van der Waals surface area contributed by atoms with Crippen molar-refractivity contribution in [1.82, 2.24) is 45.1 Å². The Kier molecular flexibility index (Phi) is 10.1. The number of nitrogens with two attached hydrogens (primary N) is 1. The Morgan fingerprint density at radius 1 is 1.30 bits per heavy atom. The number of nitrogens with zero attached hydrogens (tertiary/aromatic N) is 8. The van der Waals surface area contributed by atoms with Crippen LogP contribution in [0.25, 0.3) is 0 Å². The molecule has 4 heterocycles. The summed E-state index contributed by atoms with van der Waals surface area (Å²) in [5, 5.41) is 30.8. The molecule has 1 saturated heterocycles. The van der Waals surface area contributed by atoms with Crippen LogP contribution in [0.4, 0.5) is 9.93 Å². The number of thioether (sulfide) groups is 2. The van der Waals surface area contributed by atoms with E-state index in [9.17, 15) is 24.3 Å². The normalized spacial score (nSPS) is 21.1. The van der Waals surface area contributed by atoms with E-state index in [1.165, 1.54) is 33.1 Å². The van der Waals surface area contributed by atoms with Crippen LogP contribution in [0.3, 0.4) is 0 Å². The molecule has 3 atom stereocenters. The zero-order valence-electron chi connectivity index (χ0n) is 24.9. The van der Waals surface area contributed by atoms with Crippen LogP contribution in [0.5, 0.6) is 0 Å². The summed E-state index contributed by atoms with van der Waals surface area (Å²) < 4.78 is 10.7. The molecule has 5 N–H and O–H groups in total. The number of hydrogen-bond donors (Lipinski definition) is 4. The summed E-state index contributed by atoms with van der Waals surface area (Å²) in [5.74, 6) is -2.21. The third-order valence-electron chi connectivity index (χ3n) is 6.52. The van der Waals surface area contributed by atoms with Crippen LogP contribution >= 0.6 is 35.1 Å². The Balaban J connectivity index is 1.22. The average molecular weight is 694 g/mol. The molecule has 18 nitrogen and oxygen atoms in total. The minimum absolute atomic E-state index is 0.0460. The zero-order chi connectivity index (χ0) is 33.0. The van der Waals surface area contributed by atoms with Crippen LogP contribution in [-0.2, 0) is 30.5 Å². The van der Waals surface area contributed by atoms with Crippen molar-refractivity contribution in [2.45, 2.75) is 68.4 Å².